The normalized spacial score (nSPS) is 20.5. The van der Waals surface area contributed by atoms with Crippen molar-refractivity contribution in [2.75, 3.05) is 27.3 Å². The fourth-order valence-electron chi connectivity index (χ4n) is 2.08. The molecule has 0 bridgehead atoms. The van der Waals surface area contributed by atoms with Crippen LogP contribution in [0.5, 0.6) is 11.6 Å². The lowest BCUT2D eigenvalue weighted by Gasteiger charge is -2.22. The molecule has 0 amide bonds. The van der Waals surface area contributed by atoms with Crippen molar-refractivity contribution in [1.82, 2.24) is 10.3 Å². The van der Waals surface area contributed by atoms with Crippen LogP contribution in [0.15, 0.2) is 12.1 Å². The number of pyridine rings is 1. The second kappa shape index (κ2) is 5.16. The monoisotopic (exact) mass is 222 g/mol. The molecule has 0 saturated carbocycles. The molecule has 1 saturated heterocycles. The summed E-state index contributed by atoms with van der Waals surface area (Å²) in [6.07, 6.45) is 2.40. The summed E-state index contributed by atoms with van der Waals surface area (Å²) in [6, 6.07) is 3.95. The summed E-state index contributed by atoms with van der Waals surface area (Å²) in [5.41, 5.74) is 1.09. The van der Waals surface area contributed by atoms with Gasteiger partial charge >= 0.3 is 0 Å². The number of aromatic nitrogens is 1. The first-order valence-corrected chi connectivity index (χ1v) is 5.64. The fraction of sp³-hybridized carbons (Fsp3) is 0.583. The molecular formula is C12H18N2O2. The molecule has 0 spiro atoms. The number of hydrogen-bond donors (Lipinski definition) is 1. The maximum absolute atomic E-state index is 5.21. The number of ether oxygens (including phenoxy) is 2. The number of nitrogens with one attached hydrogen (secondary N) is 1. The molecule has 1 unspecified atom stereocenters. The molecular weight excluding hydrogens is 204 g/mol. The Morgan fingerprint density at radius 3 is 2.81 bits per heavy atom. The molecule has 1 aliphatic rings. The zero-order chi connectivity index (χ0) is 11.4. The summed E-state index contributed by atoms with van der Waals surface area (Å²) in [7, 11) is 3.25. The highest BCUT2D eigenvalue weighted by atomic mass is 16.5. The highest BCUT2D eigenvalue weighted by Crippen LogP contribution is 2.29. The molecule has 0 radical (unpaired) electrons. The van der Waals surface area contributed by atoms with Crippen LogP contribution in [0.3, 0.4) is 0 Å². The van der Waals surface area contributed by atoms with Gasteiger partial charge in [0.2, 0.25) is 0 Å². The lowest BCUT2D eigenvalue weighted by Crippen LogP contribution is -2.28. The van der Waals surface area contributed by atoms with Gasteiger partial charge in [0.15, 0.2) is 5.75 Å². The van der Waals surface area contributed by atoms with E-state index in [-0.39, 0.29) is 0 Å². The smallest absolute Gasteiger partial charge is 0.256 e. The van der Waals surface area contributed by atoms with Crippen molar-refractivity contribution in [2.45, 2.75) is 18.8 Å². The van der Waals surface area contributed by atoms with Gasteiger partial charge in [0.25, 0.3) is 5.88 Å². The van der Waals surface area contributed by atoms with Gasteiger partial charge in [0.1, 0.15) is 0 Å². The van der Waals surface area contributed by atoms with Crippen LogP contribution in [-0.4, -0.2) is 32.3 Å². The number of hydrogen-bond acceptors (Lipinski definition) is 4. The second-order valence-corrected chi connectivity index (χ2v) is 3.99. The SMILES string of the molecule is COc1ccc(C2CCCNC2)nc1OC. The number of piperidine rings is 1. The van der Waals surface area contributed by atoms with Crippen LogP contribution in [-0.2, 0) is 0 Å². The van der Waals surface area contributed by atoms with Crippen LogP contribution in [0.4, 0.5) is 0 Å². The summed E-state index contributed by atoms with van der Waals surface area (Å²) in [5.74, 6) is 1.76. The Labute approximate surface area is 96.0 Å². The summed E-state index contributed by atoms with van der Waals surface area (Å²) in [4.78, 5) is 4.50. The third-order valence-corrected chi connectivity index (χ3v) is 2.98. The van der Waals surface area contributed by atoms with Crippen molar-refractivity contribution in [3.8, 4) is 11.6 Å². The van der Waals surface area contributed by atoms with Gasteiger partial charge in [-0.05, 0) is 31.5 Å². The predicted molar refractivity (Wildman–Crippen MR) is 62.2 cm³/mol. The van der Waals surface area contributed by atoms with Gasteiger partial charge in [-0.1, -0.05) is 0 Å². The fourth-order valence-corrected chi connectivity index (χ4v) is 2.08. The molecule has 1 N–H and O–H groups in total. The second-order valence-electron chi connectivity index (χ2n) is 3.99. The van der Waals surface area contributed by atoms with E-state index in [9.17, 15) is 0 Å². The zero-order valence-electron chi connectivity index (χ0n) is 9.82. The molecule has 1 aromatic heterocycles. The largest absolute Gasteiger partial charge is 0.491 e. The molecule has 4 nitrogen and oxygen atoms in total. The van der Waals surface area contributed by atoms with E-state index in [0.29, 0.717) is 17.5 Å². The van der Waals surface area contributed by atoms with Gasteiger partial charge in [0.05, 0.1) is 14.2 Å². The van der Waals surface area contributed by atoms with E-state index in [0.717, 1.165) is 18.8 Å². The minimum atomic E-state index is 0.494. The Hall–Kier alpha value is -1.29. The molecule has 2 rings (SSSR count). The summed E-state index contributed by atoms with van der Waals surface area (Å²) in [5, 5.41) is 3.39. The standard InChI is InChI=1S/C12H18N2O2/c1-15-11-6-5-10(14-12(11)16-2)9-4-3-7-13-8-9/h5-6,9,13H,3-4,7-8H2,1-2H3. The summed E-state index contributed by atoms with van der Waals surface area (Å²) < 4.78 is 10.4. The molecule has 88 valence electrons. The first kappa shape index (κ1) is 11.2. The van der Waals surface area contributed by atoms with E-state index in [1.807, 2.05) is 12.1 Å². The van der Waals surface area contributed by atoms with Crippen molar-refractivity contribution in [1.29, 1.82) is 0 Å². The predicted octanol–water partition coefficient (Wildman–Crippen LogP) is 1.57. The van der Waals surface area contributed by atoms with Crippen molar-refractivity contribution in [2.24, 2.45) is 0 Å². The van der Waals surface area contributed by atoms with Crippen LogP contribution >= 0.6 is 0 Å². The molecule has 16 heavy (non-hydrogen) atoms. The highest BCUT2D eigenvalue weighted by Gasteiger charge is 2.18. The van der Waals surface area contributed by atoms with Gasteiger partial charge < -0.3 is 14.8 Å². The van der Waals surface area contributed by atoms with Crippen LogP contribution in [0, 0.1) is 0 Å². The van der Waals surface area contributed by atoms with Crippen LogP contribution in [0.25, 0.3) is 0 Å². The molecule has 1 aromatic rings. The zero-order valence-corrected chi connectivity index (χ0v) is 9.82. The first-order valence-electron chi connectivity index (χ1n) is 5.64. The molecule has 2 heterocycles. The van der Waals surface area contributed by atoms with Gasteiger partial charge in [0, 0.05) is 18.2 Å². The first-order chi connectivity index (χ1) is 7.85. The van der Waals surface area contributed by atoms with Gasteiger partial charge in [-0.3, -0.25) is 0 Å². The van der Waals surface area contributed by atoms with Crippen molar-refractivity contribution in [3.05, 3.63) is 17.8 Å². The van der Waals surface area contributed by atoms with Gasteiger partial charge in [-0.15, -0.1) is 0 Å². The maximum Gasteiger partial charge on any atom is 0.256 e. The molecule has 1 fully saturated rings. The van der Waals surface area contributed by atoms with E-state index in [4.69, 9.17) is 9.47 Å². The molecule has 0 aromatic carbocycles. The topological polar surface area (TPSA) is 43.4 Å². The number of methoxy groups -OCH3 is 2. The van der Waals surface area contributed by atoms with E-state index in [1.165, 1.54) is 12.8 Å². The van der Waals surface area contributed by atoms with Gasteiger partial charge in [-0.25, -0.2) is 4.98 Å². The quantitative estimate of drug-likeness (QED) is 0.843. The lowest BCUT2D eigenvalue weighted by molar-refractivity contribution is 0.339. The average molecular weight is 222 g/mol. The van der Waals surface area contributed by atoms with E-state index < -0.39 is 0 Å². The molecule has 1 atom stereocenters. The van der Waals surface area contributed by atoms with Crippen LogP contribution in [0.1, 0.15) is 24.5 Å². The highest BCUT2D eigenvalue weighted by molar-refractivity contribution is 5.35. The Bertz CT molecular complexity index is 349. The minimum Gasteiger partial charge on any atom is -0.491 e. The summed E-state index contributed by atoms with van der Waals surface area (Å²) >= 11 is 0. The molecule has 0 aliphatic carbocycles. The Morgan fingerprint density at radius 1 is 1.31 bits per heavy atom. The maximum atomic E-state index is 5.21. The summed E-state index contributed by atoms with van der Waals surface area (Å²) in [6.45, 7) is 2.12. The molecule has 1 aliphatic heterocycles. The van der Waals surface area contributed by atoms with Crippen molar-refractivity contribution >= 4 is 0 Å². The van der Waals surface area contributed by atoms with E-state index >= 15 is 0 Å². The third kappa shape index (κ3) is 2.27. The van der Waals surface area contributed by atoms with Crippen molar-refractivity contribution in [3.63, 3.8) is 0 Å². The molecule has 4 heteroatoms. The van der Waals surface area contributed by atoms with Gasteiger partial charge in [-0.2, -0.15) is 0 Å². The number of rotatable bonds is 3. The van der Waals surface area contributed by atoms with E-state index in [1.54, 1.807) is 14.2 Å². The van der Waals surface area contributed by atoms with Crippen LogP contribution in [0.2, 0.25) is 0 Å². The van der Waals surface area contributed by atoms with E-state index in [2.05, 4.69) is 10.3 Å². The minimum absolute atomic E-state index is 0.494. The lowest BCUT2D eigenvalue weighted by atomic mass is 9.96. The Kier molecular flexibility index (Phi) is 3.62. The van der Waals surface area contributed by atoms with Crippen LogP contribution < -0.4 is 14.8 Å². The Morgan fingerprint density at radius 2 is 2.19 bits per heavy atom. The number of nitrogens with zero attached hydrogens (tertiary/aromatic N) is 1. The average Bonchev–Trinajstić information content (AvgIpc) is 2.39. The van der Waals surface area contributed by atoms with Crippen molar-refractivity contribution < 1.29 is 9.47 Å². The Balaban J connectivity index is 2.20. The third-order valence-electron chi connectivity index (χ3n) is 2.98.